The molecule has 0 spiro atoms. The largest absolute Gasteiger partial charge is 0.376 e. The lowest BCUT2D eigenvalue weighted by Gasteiger charge is -2.20. The number of anilines is 3. The molecule has 2 aromatic carbocycles. The highest BCUT2D eigenvalue weighted by atomic mass is 16.2. The van der Waals surface area contributed by atoms with Gasteiger partial charge in [0.2, 0.25) is 11.8 Å². The van der Waals surface area contributed by atoms with Gasteiger partial charge in [-0.25, -0.2) is 0 Å². The summed E-state index contributed by atoms with van der Waals surface area (Å²) in [6.07, 6.45) is 6.19. The van der Waals surface area contributed by atoms with Gasteiger partial charge in [0.15, 0.2) is 0 Å². The van der Waals surface area contributed by atoms with Gasteiger partial charge in [0, 0.05) is 30.0 Å². The summed E-state index contributed by atoms with van der Waals surface area (Å²) in [6, 6.07) is 13.8. The van der Waals surface area contributed by atoms with Gasteiger partial charge in [-0.3, -0.25) is 9.59 Å². The van der Waals surface area contributed by atoms with Crippen molar-refractivity contribution in [3.8, 4) is 0 Å². The average Bonchev–Trinajstić information content (AvgIpc) is 3.13. The molecule has 27 heavy (non-hydrogen) atoms. The van der Waals surface area contributed by atoms with E-state index >= 15 is 0 Å². The van der Waals surface area contributed by atoms with Crippen LogP contribution >= 0.6 is 0 Å². The first-order chi connectivity index (χ1) is 13.2. The molecule has 140 valence electrons. The van der Waals surface area contributed by atoms with Crippen molar-refractivity contribution >= 4 is 28.9 Å². The summed E-state index contributed by atoms with van der Waals surface area (Å²) in [5, 5.41) is 6.21. The second kappa shape index (κ2) is 7.82. The molecule has 0 radical (unpaired) electrons. The normalized spacial score (nSPS) is 16.1. The minimum Gasteiger partial charge on any atom is -0.376 e. The summed E-state index contributed by atoms with van der Waals surface area (Å²) in [6.45, 7) is 1.01. The number of nitrogens with zero attached hydrogens (tertiary/aromatic N) is 1. The van der Waals surface area contributed by atoms with E-state index in [0.29, 0.717) is 6.42 Å². The molecule has 2 N–H and O–H groups in total. The van der Waals surface area contributed by atoms with E-state index in [1.807, 2.05) is 24.3 Å². The maximum absolute atomic E-state index is 12.3. The highest BCUT2D eigenvalue weighted by molar-refractivity contribution is 5.96. The van der Waals surface area contributed by atoms with Gasteiger partial charge in [-0.1, -0.05) is 12.1 Å². The van der Waals surface area contributed by atoms with E-state index in [-0.39, 0.29) is 18.4 Å². The van der Waals surface area contributed by atoms with Crippen LogP contribution in [0, 0.1) is 0 Å². The number of benzene rings is 2. The van der Waals surface area contributed by atoms with Gasteiger partial charge < -0.3 is 15.5 Å². The van der Waals surface area contributed by atoms with Gasteiger partial charge in [-0.2, -0.15) is 0 Å². The van der Waals surface area contributed by atoms with Gasteiger partial charge in [0.05, 0.1) is 6.54 Å². The molecule has 1 aliphatic carbocycles. The standard InChI is InChI=1S/C22H25N3O2/c26-21(15-23-20-8-3-6-16-5-1-2-7-19(16)20)24-17-10-12-18(13-11-17)25-14-4-9-22(25)27/h3,6,8,10-13,23H,1-2,4-5,7,9,14-15H2,(H,24,26). The maximum atomic E-state index is 12.3. The van der Waals surface area contributed by atoms with Crippen molar-refractivity contribution in [2.24, 2.45) is 0 Å². The van der Waals surface area contributed by atoms with Gasteiger partial charge >= 0.3 is 0 Å². The fourth-order valence-corrected chi connectivity index (χ4v) is 3.97. The molecule has 0 saturated carbocycles. The Bertz CT molecular complexity index is 845. The lowest BCUT2D eigenvalue weighted by Crippen LogP contribution is -2.24. The molecule has 2 amide bonds. The van der Waals surface area contributed by atoms with E-state index in [0.717, 1.165) is 42.9 Å². The fraction of sp³-hybridized carbons (Fsp3) is 0.364. The summed E-state index contributed by atoms with van der Waals surface area (Å²) in [5.41, 5.74) is 5.47. The zero-order valence-corrected chi connectivity index (χ0v) is 15.5. The topological polar surface area (TPSA) is 61.4 Å². The molecule has 5 nitrogen and oxygen atoms in total. The number of carbonyl (C=O) groups is 2. The molecule has 0 unspecified atom stereocenters. The van der Waals surface area contributed by atoms with E-state index in [1.54, 1.807) is 4.90 Å². The lowest BCUT2D eigenvalue weighted by molar-refractivity contribution is -0.117. The van der Waals surface area contributed by atoms with Crippen LogP contribution in [0.2, 0.25) is 0 Å². The molecule has 1 saturated heterocycles. The SMILES string of the molecule is O=C(CNc1cccc2c1CCCC2)Nc1ccc(N2CCCC2=O)cc1. The van der Waals surface area contributed by atoms with Crippen molar-refractivity contribution < 1.29 is 9.59 Å². The Morgan fingerprint density at radius 3 is 2.56 bits per heavy atom. The van der Waals surface area contributed by atoms with Crippen molar-refractivity contribution in [2.75, 3.05) is 28.6 Å². The van der Waals surface area contributed by atoms with Crippen LogP contribution in [0.4, 0.5) is 17.1 Å². The summed E-state index contributed by atoms with van der Waals surface area (Å²) in [7, 11) is 0. The number of carbonyl (C=O) groups excluding carboxylic acids is 2. The molecule has 2 aromatic rings. The predicted octanol–water partition coefficient (Wildman–Crippen LogP) is 3.74. The van der Waals surface area contributed by atoms with Crippen LogP contribution in [0.25, 0.3) is 0 Å². The van der Waals surface area contributed by atoms with Crippen LogP contribution in [0.5, 0.6) is 0 Å². The zero-order chi connectivity index (χ0) is 18.6. The number of fused-ring (bicyclic) bond motifs is 1. The second-order valence-electron chi connectivity index (χ2n) is 7.25. The molecule has 0 aromatic heterocycles. The third-order valence-electron chi connectivity index (χ3n) is 5.37. The summed E-state index contributed by atoms with van der Waals surface area (Å²) in [4.78, 5) is 25.9. The highest BCUT2D eigenvalue weighted by Gasteiger charge is 2.21. The quantitative estimate of drug-likeness (QED) is 0.851. The number of aryl methyl sites for hydroxylation is 1. The minimum atomic E-state index is -0.0755. The Morgan fingerprint density at radius 2 is 1.78 bits per heavy atom. The predicted molar refractivity (Wildman–Crippen MR) is 108 cm³/mol. The lowest BCUT2D eigenvalue weighted by atomic mass is 9.90. The Labute approximate surface area is 159 Å². The molecule has 0 atom stereocenters. The van der Waals surface area contributed by atoms with E-state index in [9.17, 15) is 9.59 Å². The van der Waals surface area contributed by atoms with Crippen LogP contribution in [0.1, 0.15) is 36.8 Å². The zero-order valence-electron chi connectivity index (χ0n) is 15.5. The summed E-state index contributed by atoms with van der Waals surface area (Å²) in [5.74, 6) is 0.0931. The van der Waals surface area contributed by atoms with E-state index in [4.69, 9.17) is 0 Å². The number of hydrogen-bond acceptors (Lipinski definition) is 3. The Kier molecular flexibility index (Phi) is 5.10. The third kappa shape index (κ3) is 3.97. The number of rotatable bonds is 5. The van der Waals surface area contributed by atoms with Crippen LogP contribution in [-0.4, -0.2) is 24.9 Å². The maximum Gasteiger partial charge on any atom is 0.243 e. The molecule has 2 aliphatic rings. The van der Waals surface area contributed by atoms with Crippen molar-refractivity contribution in [3.63, 3.8) is 0 Å². The van der Waals surface area contributed by atoms with Crippen LogP contribution in [0.3, 0.4) is 0 Å². The third-order valence-corrected chi connectivity index (χ3v) is 5.37. The second-order valence-corrected chi connectivity index (χ2v) is 7.25. The Balaban J connectivity index is 1.34. The Hall–Kier alpha value is -2.82. The van der Waals surface area contributed by atoms with Crippen LogP contribution < -0.4 is 15.5 Å². The molecule has 1 heterocycles. The first kappa shape index (κ1) is 17.6. The molecule has 0 bridgehead atoms. The first-order valence-electron chi connectivity index (χ1n) is 9.75. The van der Waals surface area contributed by atoms with Crippen molar-refractivity contribution in [2.45, 2.75) is 38.5 Å². The first-order valence-corrected chi connectivity index (χ1v) is 9.75. The van der Waals surface area contributed by atoms with Crippen LogP contribution in [0.15, 0.2) is 42.5 Å². The van der Waals surface area contributed by atoms with Gasteiger partial charge in [-0.05, 0) is 73.6 Å². The van der Waals surface area contributed by atoms with E-state index in [2.05, 4.69) is 28.8 Å². The van der Waals surface area contributed by atoms with Crippen molar-refractivity contribution in [3.05, 3.63) is 53.6 Å². The van der Waals surface area contributed by atoms with E-state index in [1.165, 1.54) is 24.0 Å². The summed E-state index contributed by atoms with van der Waals surface area (Å²) >= 11 is 0. The molecule has 4 rings (SSSR count). The minimum absolute atomic E-state index is 0.0755. The Morgan fingerprint density at radius 1 is 0.963 bits per heavy atom. The number of hydrogen-bond donors (Lipinski definition) is 2. The molecule has 5 heteroatoms. The molecular formula is C22H25N3O2. The van der Waals surface area contributed by atoms with Crippen LogP contribution in [-0.2, 0) is 22.4 Å². The summed E-state index contributed by atoms with van der Waals surface area (Å²) < 4.78 is 0. The number of nitrogens with one attached hydrogen (secondary N) is 2. The average molecular weight is 363 g/mol. The molecule has 1 aliphatic heterocycles. The monoisotopic (exact) mass is 363 g/mol. The number of amides is 2. The highest BCUT2D eigenvalue weighted by Crippen LogP contribution is 2.28. The smallest absolute Gasteiger partial charge is 0.243 e. The van der Waals surface area contributed by atoms with Gasteiger partial charge in [0.25, 0.3) is 0 Å². The van der Waals surface area contributed by atoms with Crippen molar-refractivity contribution in [1.29, 1.82) is 0 Å². The van der Waals surface area contributed by atoms with Crippen molar-refractivity contribution in [1.82, 2.24) is 0 Å². The van der Waals surface area contributed by atoms with Gasteiger partial charge in [-0.15, -0.1) is 0 Å². The fourth-order valence-electron chi connectivity index (χ4n) is 3.97. The van der Waals surface area contributed by atoms with Gasteiger partial charge in [0.1, 0.15) is 0 Å². The molecule has 1 fully saturated rings. The molecular weight excluding hydrogens is 338 g/mol. The van der Waals surface area contributed by atoms with E-state index < -0.39 is 0 Å².